The first-order valence-corrected chi connectivity index (χ1v) is 7.97. The van der Waals surface area contributed by atoms with Gasteiger partial charge in [0, 0.05) is 20.7 Å². The molecule has 0 saturated carbocycles. The highest BCUT2D eigenvalue weighted by molar-refractivity contribution is 9.10. The van der Waals surface area contributed by atoms with Crippen molar-refractivity contribution in [3.8, 4) is 11.5 Å². The molecular weight excluding hydrogens is 398 g/mol. The molecule has 6 nitrogen and oxygen atoms in total. The lowest BCUT2D eigenvalue weighted by Crippen LogP contribution is -2.24. The highest BCUT2D eigenvalue weighted by Gasteiger charge is 2.10. The third-order valence-electron chi connectivity index (χ3n) is 2.94. The minimum Gasteiger partial charge on any atom is -0.493 e. The molecule has 0 aromatic heterocycles. The molecule has 0 spiro atoms. The highest BCUT2D eigenvalue weighted by atomic mass is 79.9. The highest BCUT2D eigenvalue weighted by Crippen LogP contribution is 2.33. The first-order valence-electron chi connectivity index (χ1n) is 6.80. The van der Waals surface area contributed by atoms with Crippen LogP contribution in [-0.2, 0) is 0 Å². The number of hydrogen-bond donors (Lipinski definition) is 2. The van der Waals surface area contributed by atoms with Gasteiger partial charge >= 0.3 is 6.03 Å². The van der Waals surface area contributed by atoms with Crippen LogP contribution in [0, 0.1) is 0 Å². The zero-order valence-corrected chi connectivity index (χ0v) is 15.3. The van der Waals surface area contributed by atoms with Crippen LogP contribution in [0.5, 0.6) is 11.5 Å². The molecule has 2 N–H and O–H groups in total. The summed E-state index contributed by atoms with van der Waals surface area (Å²) >= 11 is 9.17. The zero-order valence-electron chi connectivity index (χ0n) is 13.0. The van der Waals surface area contributed by atoms with Gasteiger partial charge in [-0.05, 0) is 36.4 Å². The molecule has 2 aromatic rings. The van der Waals surface area contributed by atoms with E-state index in [2.05, 4.69) is 31.8 Å². The Morgan fingerprint density at radius 3 is 2.54 bits per heavy atom. The van der Waals surface area contributed by atoms with Crippen molar-refractivity contribution in [1.82, 2.24) is 5.43 Å². The lowest BCUT2D eigenvalue weighted by molar-refractivity contribution is 0.252. The number of nitrogens with zero attached hydrogens (tertiary/aromatic N) is 1. The van der Waals surface area contributed by atoms with E-state index in [1.807, 2.05) is 0 Å². The van der Waals surface area contributed by atoms with Crippen LogP contribution < -0.4 is 20.2 Å². The summed E-state index contributed by atoms with van der Waals surface area (Å²) in [6, 6.07) is 9.83. The number of anilines is 1. The SMILES string of the molecule is COc1cc(Br)cc(/C=N\NC(=O)Nc2ccc(Cl)cc2)c1OC. The Hall–Kier alpha value is -2.25. The van der Waals surface area contributed by atoms with Crippen LogP contribution in [0.3, 0.4) is 0 Å². The summed E-state index contributed by atoms with van der Waals surface area (Å²) in [5, 5.41) is 7.13. The molecule has 0 fully saturated rings. The van der Waals surface area contributed by atoms with Gasteiger partial charge in [0.1, 0.15) is 0 Å². The average molecular weight is 413 g/mol. The van der Waals surface area contributed by atoms with Crippen LogP contribution in [-0.4, -0.2) is 26.5 Å². The standard InChI is InChI=1S/C16H15BrClN3O3/c1-23-14-8-11(17)7-10(15(14)24-2)9-19-21-16(22)20-13-5-3-12(18)4-6-13/h3-9H,1-2H3,(H2,20,21,22)/b19-9-. The molecule has 24 heavy (non-hydrogen) atoms. The van der Waals surface area contributed by atoms with Crippen molar-refractivity contribution in [3.63, 3.8) is 0 Å². The second-order valence-corrected chi connectivity index (χ2v) is 5.91. The molecule has 2 aromatic carbocycles. The molecule has 8 heteroatoms. The van der Waals surface area contributed by atoms with Crippen LogP contribution in [0.25, 0.3) is 0 Å². The number of amides is 2. The third kappa shape index (κ3) is 4.87. The number of carbonyl (C=O) groups is 1. The number of hydrazone groups is 1. The summed E-state index contributed by atoms with van der Waals surface area (Å²) in [5.74, 6) is 1.07. The quantitative estimate of drug-likeness (QED) is 0.569. The Kier molecular flexibility index (Phi) is 6.45. The van der Waals surface area contributed by atoms with Crippen molar-refractivity contribution < 1.29 is 14.3 Å². The van der Waals surface area contributed by atoms with Crippen LogP contribution in [0.15, 0.2) is 46.0 Å². The molecule has 0 aliphatic heterocycles. The van der Waals surface area contributed by atoms with Gasteiger partial charge in [-0.1, -0.05) is 27.5 Å². The largest absolute Gasteiger partial charge is 0.493 e. The molecule has 0 radical (unpaired) electrons. The number of nitrogens with one attached hydrogen (secondary N) is 2. The maximum Gasteiger partial charge on any atom is 0.339 e. The second-order valence-electron chi connectivity index (χ2n) is 4.56. The summed E-state index contributed by atoms with van der Waals surface area (Å²) in [6.07, 6.45) is 1.47. The van der Waals surface area contributed by atoms with Gasteiger partial charge < -0.3 is 14.8 Å². The average Bonchev–Trinajstić information content (AvgIpc) is 2.56. The number of urea groups is 1. The first-order chi connectivity index (χ1) is 11.5. The molecular formula is C16H15BrClN3O3. The smallest absolute Gasteiger partial charge is 0.339 e. The number of methoxy groups -OCH3 is 2. The lowest BCUT2D eigenvalue weighted by atomic mass is 10.2. The minimum atomic E-state index is -0.477. The van der Waals surface area contributed by atoms with E-state index in [0.29, 0.717) is 27.8 Å². The van der Waals surface area contributed by atoms with Gasteiger partial charge in [0.25, 0.3) is 0 Å². The van der Waals surface area contributed by atoms with Gasteiger partial charge in [-0.3, -0.25) is 0 Å². The Bertz CT molecular complexity index is 751. The Balaban J connectivity index is 2.04. The number of halogens is 2. The molecule has 0 unspecified atom stereocenters. The number of hydrogen-bond acceptors (Lipinski definition) is 4. The second kappa shape index (κ2) is 8.56. The molecule has 2 amide bonds. The molecule has 0 bridgehead atoms. The van der Waals surface area contributed by atoms with E-state index < -0.39 is 6.03 Å². The van der Waals surface area contributed by atoms with Crippen molar-refractivity contribution in [3.05, 3.63) is 51.5 Å². The maximum atomic E-state index is 11.8. The Labute approximate surface area is 152 Å². The van der Waals surface area contributed by atoms with E-state index in [1.165, 1.54) is 13.3 Å². The lowest BCUT2D eigenvalue weighted by Gasteiger charge is -2.10. The summed E-state index contributed by atoms with van der Waals surface area (Å²) < 4.78 is 11.4. The van der Waals surface area contributed by atoms with Gasteiger partial charge in [-0.15, -0.1) is 0 Å². The third-order valence-corrected chi connectivity index (χ3v) is 3.65. The summed E-state index contributed by atoms with van der Waals surface area (Å²) in [5.41, 5.74) is 3.63. The topological polar surface area (TPSA) is 72.0 Å². The molecule has 0 aliphatic carbocycles. The van der Waals surface area contributed by atoms with Gasteiger partial charge in [-0.2, -0.15) is 5.10 Å². The van der Waals surface area contributed by atoms with E-state index in [0.717, 1.165) is 4.47 Å². The molecule has 0 saturated heterocycles. The minimum absolute atomic E-state index is 0.477. The van der Waals surface area contributed by atoms with Crippen molar-refractivity contribution in [1.29, 1.82) is 0 Å². The predicted molar refractivity (Wildman–Crippen MR) is 98.4 cm³/mol. The van der Waals surface area contributed by atoms with E-state index >= 15 is 0 Å². The van der Waals surface area contributed by atoms with Gasteiger partial charge in [0.05, 0.1) is 20.4 Å². The monoisotopic (exact) mass is 411 g/mol. The first kappa shape index (κ1) is 18.1. The number of carbonyl (C=O) groups excluding carboxylic acids is 1. The fraction of sp³-hybridized carbons (Fsp3) is 0.125. The molecule has 0 atom stereocenters. The van der Waals surface area contributed by atoms with Gasteiger partial charge in [0.15, 0.2) is 11.5 Å². The Morgan fingerprint density at radius 2 is 1.92 bits per heavy atom. The number of rotatable bonds is 5. The summed E-state index contributed by atoms with van der Waals surface area (Å²) in [7, 11) is 3.08. The normalized spacial score (nSPS) is 10.5. The van der Waals surface area contributed by atoms with E-state index in [1.54, 1.807) is 43.5 Å². The Morgan fingerprint density at radius 1 is 1.21 bits per heavy atom. The van der Waals surface area contributed by atoms with Crippen molar-refractivity contribution in [2.45, 2.75) is 0 Å². The van der Waals surface area contributed by atoms with Gasteiger partial charge in [-0.25, -0.2) is 10.2 Å². The van der Waals surface area contributed by atoms with Crippen LogP contribution >= 0.6 is 27.5 Å². The predicted octanol–water partition coefficient (Wildman–Crippen LogP) is 4.28. The van der Waals surface area contributed by atoms with Crippen LogP contribution in [0.1, 0.15) is 5.56 Å². The number of ether oxygens (including phenoxy) is 2. The number of benzene rings is 2. The van der Waals surface area contributed by atoms with E-state index in [-0.39, 0.29) is 0 Å². The molecule has 126 valence electrons. The summed E-state index contributed by atoms with van der Waals surface area (Å²) in [4.78, 5) is 11.8. The van der Waals surface area contributed by atoms with Crippen molar-refractivity contribution in [2.75, 3.05) is 19.5 Å². The van der Waals surface area contributed by atoms with E-state index in [9.17, 15) is 4.79 Å². The molecule has 2 rings (SSSR count). The fourth-order valence-corrected chi connectivity index (χ4v) is 2.49. The molecule has 0 heterocycles. The summed E-state index contributed by atoms with van der Waals surface area (Å²) in [6.45, 7) is 0. The maximum absolute atomic E-state index is 11.8. The fourth-order valence-electron chi connectivity index (χ4n) is 1.91. The van der Waals surface area contributed by atoms with Crippen molar-refractivity contribution >= 4 is 45.5 Å². The zero-order chi connectivity index (χ0) is 17.5. The molecule has 0 aliphatic rings. The van der Waals surface area contributed by atoms with Crippen molar-refractivity contribution in [2.24, 2.45) is 5.10 Å². The van der Waals surface area contributed by atoms with Crippen LogP contribution in [0.4, 0.5) is 10.5 Å². The van der Waals surface area contributed by atoms with E-state index in [4.69, 9.17) is 21.1 Å². The van der Waals surface area contributed by atoms with Crippen LogP contribution in [0.2, 0.25) is 5.02 Å². The van der Waals surface area contributed by atoms with Gasteiger partial charge in [0.2, 0.25) is 0 Å².